The van der Waals surface area contributed by atoms with Gasteiger partial charge in [0.2, 0.25) is 0 Å². The van der Waals surface area contributed by atoms with E-state index in [0.29, 0.717) is 11.5 Å². The van der Waals surface area contributed by atoms with Gasteiger partial charge in [-0.15, -0.1) is 0 Å². The Morgan fingerprint density at radius 3 is 2.33 bits per heavy atom. The molecule has 0 unspecified atom stereocenters. The number of hydrogen-bond donors (Lipinski definition) is 1. The molecule has 0 aromatic heterocycles. The maximum absolute atomic E-state index is 12.2. The van der Waals surface area contributed by atoms with Crippen LogP contribution in [-0.2, 0) is 0 Å². The summed E-state index contributed by atoms with van der Waals surface area (Å²) in [5, 5.41) is 2.87. The number of benzene rings is 2. The molecule has 0 saturated carbocycles. The Labute approximate surface area is 133 Å². The van der Waals surface area contributed by atoms with Gasteiger partial charge < -0.3 is 10.1 Å². The van der Waals surface area contributed by atoms with Gasteiger partial charge in [0.15, 0.2) is 0 Å². The normalized spacial score (nSPS) is 10.5. The number of hydrogen-bond acceptors (Lipinski definition) is 2. The molecule has 0 aliphatic carbocycles. The minimum absolute atomic E-state index is 0.123. The summed E-state index contributed by atoms with van der Waals surface area (Å²) in [5.41, 5.74) is 2.59. The molecule has 2 aromatic rings. The minimum Gasteiger partial charge on any atom is -0.496 e. The van der Waals surface area contributed by atoms with E-state index in [4.69, 9.17) is 4.74 Å². The number of anilines is 1. The maximum atomic E-state index is 12.2. The van der Waals surface area contributed by atoms with Crippen molar-refractivity contribution < 1.29 is 9.53 Å². The van der Waals surface area contributed by atoms with E-state index < -0.39 is 0 Å². The topological polar surface area (TPSA) is 38.3 Å². The predicted molar refractivity (Wildman–Crippen MR) is 89.2 cm³/mol. The van der Waals surface area contributed by atoms with E-state index in [-0.39, 0.29) is 5.91 Å². The maximum Gasteiger partial charge on any atom is 0.255 e. The van der Waals surface area contributed by atoms with E-state index in [1.165, 1.54) is 5.56 Å². The predicted octanol–water partition coefficient (Wildman–Crippen LogP) is 4.83. The van der Waals surface area contributed by atoms with Gasteiger partial charge >= 0.3 is 0 Å². The quantitative estimate of drug-likeness (QED) is 0.859. The molecule has 4 heteroatoms. The molecule has 2 aromatic carbocycles. The molecule has 0 atom stereocenters. The van der Waals surface area contributed by atoms with Crippen molar-refractivity contribution in [3.05, 3.63) is 58.1 Å². The molecule has 21 heavy (non-hydrogen) atoms. The molecule has 0 aliphatic heterocycles. The molecule has 0 bridgehead atoms. The second kappa shape index (κ2) is 6.76. The summed E-state index contributed by atoms with van der Waals surface area (Å²) in [6.07, 6.45) is 0. The molecule has 1 N–H and O–H groups in total. The Hall–Kier alpha value is -1.81. The van der Waals surface area contributed by atoms with Crippen LogP contribution in [0.2, 0.25) is 0 Å². The van der Waals surface area contributed by atoms with Gasteiger partial charge in [-0.3, -0.25) is 4.79 Å². The Balaban J connectivity index is 2.12. The lowest BCUT2D eigenvalue weighted by Crippen LogP contribution is -2.11. The average Bonchev–Trinajstić information content (AvgIpc) is 2.47. The number of carbonyl (C=O) groups excluding carboxylic acids is 1. The summed E-state index contributed by atoms with van der Waals surface area (Å²) in [5.74, 6) is 1.07. The monoisotopic (exact) mass is 347 g/mol. The molecule has 0 fully saturated rings. The summed E-state index contributed by atoms with van der Waals surface area (Å²) in [4.78, 5) is 12.2. The molecule has 110 valence electrons. The zero-order valence-corrected chi connectivity index (χ0v) is 13.9. The van der Waals surface area contributed by atoms with Crippen molar-refractivity contribution >= 4 is 27.5 Å². The summed E-state index contributed by atoms with van der Waals surface area (Å²) in [6, 6.07) is 13.1. The first-order chi connectivity index (χ1) is 10.0. The number of amides is 1. The van der Waals surface area contributed by atoms with Crippen LogP contribution in [0.25, 0.3) is 0 Å². The first-order valence-electron chi connectivity index (χ1n) is 6.76. The Morgan fingerprint density at radius 1 is 1.14 bits per heavy atom. The Kier molecular flexibility index (Phi) is 5.02. The summed E-state index contributed by atoms with van der Waals surface area (Å²) in [7, 11) is 1.61. The lowest BCUT2D eigenvalue weighted by molar-refractivity contribution is 0.102. The van der Waals surface area contributed by atoms with Crippen molar-refractivity contribution in [3.8, 4) is 5.75 Å². The second-order valence-corrected chi connectivity index (χ2v) is 5.93. The fraction of sp³-hybridized carbons (Fsp3) is 0.235. The average molecular weight is 348 g/mol. The zero-order valence-electron chi connectivity index (χ0n) is 12.3. The van der Waals surface area contributed by atoms with Crippen molar-refractivity contribution in [1.82, 2.24) is 0 Å². The van der Waals surface area contributed by atoms with Crippen LogP contribution in [0.5, 0.6) is 5.75 Å². The van der Waals surface area contributed by atoms with Crippen molar-refractivity contribution in [2.75, 3.05) is 12.4 Å². The van der Waals surface area contributed by atoms with E-state index in [1.807, 2.05) is 42.5 Å². The SMILES string of the molecule is COc1ccc(NC(=O)c2ccc(C(C)C)cc2)cc1Br. The first-order valence-corrected chi connectivity index (χ1v) is 7.55. The van der Waals surface area contributed by atoms with Crippen molar-refractivity contribution in [2.45, 2.75) is 19.8 Å². The first kappa shape index (κ1) is 15.6. The Bertz CT molecular complexity index is 636. The van der Waals surface area contributed by atoms with Gasteiger partial charge in [0, 0.05) is 11.3 Å². The van der Waals surface area contributed by atoms with Gasteiger partial charge in [-0.2, -0.15) is 0 Å². The van der Waals surface area contributed by atoms with E-state index in [2.05, 4.69) is 35.1 Å². The summed E-state index contributed by atoms with van der Waals surface area (Å²) >= 11 is 3.40. The largest absolute Gasteiger partial charge is 0.496 e. The molecule has 1 amide bonds. The molecule has 3 nitrogen and oxygen atoms in total. The number of ether oxygens (including phenoxy) is 1. The molecule has 0 spiro atoms. The van der Waals surface area contributed by atoms with Gasteiger partial charge in [0.25, 0.3) is 5.91 Å². The van der Waals surface area contributed by atoms with E-state index >= 15 is 0 Å². The van der Waals surface area contributed by atoms with Crippen molar-refractivity contribution in [1.29, 1.82) is 0 Å². The third kappa shape index (κ3) is 3.85. The molecule has 0 radical (unpaired) electrons. The van der Waals surface area contributed by atoms with Crippen LogP contribution in [0.4, 0.5) is 5.69 Å². The number of carbonyl (C=O) groups is 1. The van der Waals surface area contributed by atoms with Gasteiger partial charge in [-0.05, 0) is 57.7 Å². The number of nitrogens with one attached hydrogen (secondary N) is 1. The lowest BCUT2D eigenvalue weighted by Gasteiger charge is -2.09. The van der Waals surface area contributed by atoms with Crippen LogP contribution in [0.3, 0.4) is 0 Å². The molecular formula is C17H18BrNO2. The van der Waals surface area contributed by atoms with E-state index in [0.717, 1.165) is 15.9 Å². The van der Waals surface area contributed by atoms with Gasteiger partial charge in [0.1, 0.15) is 5.75 Å². The molecule has 2 rings (SSSR count). The highest BCUT2D eigenvalue weighted by molar-refractivity contribution is 9.10. The lowest BCUT2D eigenvalue weighted by atomic mass is 10.0. The van der Waals surface area contributed by atoms with Gasteiger partial charge in [0.05, 0.1) is 11.6 Å². The van der Waals surface area contributed by atoms with E-state index in [1.54, 1.807) is 7.11 Å². The van der Waals surface area contributed by atoms with Crippen LogP contribution < -0.4 is 10.1 Å². The fourth-order valence-electron chi connectivity index (χ4n) is 1.97. The smallest absolute Gasteiger partial charge is 0.255 e. The molecule has 0 heterocycles. The van der Waals surface area contributed by atoms with Crippen molar-refractivity contribution in [3.63, 3.8) is 0 Å². The van der Waals surface area contributed by atoms with Crippen LogP contribution in [0.1, 0.15) is 35.7 Å². The second-order valence-electron chi connectivity index (χ2n) is 5.08. The number of methoxy groups -OCH3 is 1. The van der Waals surface area contributed by atoms with Gasteiger partial charge in [-0.25, -0.2) is 0 Å². The molecule has 0 aliphatic rings. The van der Waals surface area contributed by atoms with Crippen LogP contribution in [0.15, 0.2) is 46.9 Å². The summed E-state index contributed by atoms with van der Waals surface area (Å²) < 4.78 is 5.97. The third-order valence-electron chi connectivity index (χ3n) is 3.25. The van der Waals surface area contributed by atoms with Crippen LogP contribution in [0, 0.1) is 0 Å². The minimum atomic E-state index is -0.123. The highest BCUT2D eigenvalue weighted by Gasteiger charge is 2.08. The Morgan fingerprint density at radius 2 is 1.81 bits per heavy atom. The van der Waals surface area contributed by atoms with E-state index in [9.17, 15) is 4.79 Å². The standard InChI is InChI=1S/C17H18BrNO2/c1-11(2)12-4-6-13(7-5-12)17(20)19-14-8-9-16(21-3)15(18)10-14/h4-11H,1-3H3,(H,19,20). The third-order valence-corrected chi connectivity index (χ3v) is 3.87. The van der Waals surface area contributed by atoms with Gasteiger partial charge in [-0.1, -0.05) is 26.0 Å². The molecule has 0 saturated heterocycles. The summed E-state index contributed by atoms with van der Waals surface area (Å²) in [6.45, 7) is 4.26. The highest BCUT2D eigenvalue weighted by Crippen LogP contribution is 2.28. The fourth-order valence-corrected chi connectivity index (χ4v) is 2.51. The zero-order chi connectivity index (χ0) is 15.4. The highest BCUT2D eigenvalue weighted by atomic mass is 79.9. The number of halogens is 1. The number of rotatable bonds is 4. The van der Waals surface area contributed by atoms with Crippen LogP contribution >= 0.6 is 15.9 Å². The van der Waals surface area contributed by atoms with Crippen molar-refractivity contribution in [2.24, 2.45) is 0 Å². The molecular weight excluding hydrogens is 330 g/mol. The van der Waals surface area contributed by atoms with Crippen LogP contribution in [-0.4, -0.2) is 13.0 Å².